The molecule has 0 spiro atoms. The normalized spacial score (nSPS) is 23.8. The SMILES string of the molecule is COc1ccc(N(C)C2CCC(O)CC2)c(Cl)c1. The molecule has 1 N–H and O–H groups in total. The summed E-state index contributed by atoms with van der Waals surface area (Å²) in [4.78, 5) is 2.22. The van der Waals surface area contributed by atoms with Crippen LogP contribution in [0.15, 0.2) is 18.2 Å². The minimum Gasteiger partial charge on any atom is -0.497 e. The summed E-state index contributed by atoms with van der Waals surface area (Å²) in [6.45, 7) is 0. The van der Waals surface area contributed by atoms with Crippen molar-refractivity contribution in [2.24, 2.45) is 0 Å². The van der Waals surface area contributed by atoms with Gasteiger partial charge >= 0.3 is 0 Å². The van der Waals surface area contributed by atoms with Crippen molar-refractivity contribution >= 4 is 17.3 Å². The minimum atomic E-state index is -0.124. The zero-order chi connectivity index (χ0) is 13.1. The number of nitrogens with zero attached hydrogens (tertiary/aromatic N) is 1. The van der Waals surface area contributed by atoms with Crippen molar-refractivity contribution in [1.29, 1.82) is 0 Å². The van der Waals surface area contributed by atoms with Crippen LogP contribution in [0.4, 0.5) is 5.69 Å². The molecule has 0 aromatic heterocycles. The number of hydrogen-bond acceptors (Lipinski definition) is 3. The Hall–Kier alpha value is -0.930. The second-order valence-corrected chi connectivity index (χ2v) is 5.30. The standard InChI is InChI=1S/C14H20ClNO2/c1-16(10-3-5-11(17)6-4-10)14-8-7-12(18-2)9-13(14)15/h7-11,17H,3-6H2,1-2H3. The molecule has 100 valence electrons. The second-order valence-electron chi connectivity index (χ2n) is 4.89. The monoisotopic (exact) mass is 269 g/mol. The number of ether oxygens (including phenoxy) is 1. The van der Waals surface area contributed by atoms with Gasteiger partial charge in [0.1, 0.15) is 5.75 Å². The molecule has 2 rings (SSSR count). The highest BCUT2D eigenvalue weighted by Crippen LogP contribution is 2.33. The van der Waals surface area contributed by atoms with Crippen molar-refractivity contribution in [3.05, 3.63) is 23.2 Å². The maximum absolute atomic E-state index is 9.54. The van der Waals surface area contributed by atoms with E-state index in [-0.39, 0.29) is 6.10 Å². The fourth-order valence-electron chi connectivity index (χ4n) is 2.54. The molecule has 1 aliphatic rings. The van der Waals surface area contributed by atoms with Gasteiger partial charge in [-0.2, -0.15) is 0 Å². The Labute approximate surface area is 113 Å². The summed E-state index contributed by atoms with van der Waals surface area (Å²) >= 11 is 6.28. The van der Waals surface area contributed by atoms with Crippen molar-refractivity contribution in [2.45, 2.75) is 37.8 Å². The van der Waals surface area contributed by atoms with Crippen molar-refractivity contribution in [1.82, 2.24) is 0 Å². The van der Waals surface area contributed by atoms with E-state index in [0.717, 1.165) is 37.1 Å². The summed E-state index contributed by atoms with van der Waals surface area (Å²) in [6.07, 6.45) is 3.66. The molecule has 0 aliphatic heterocycles. The zero-order valence-electron chi connectivity index (χ0n) is 10.9. The summed E-state index contributed by atoms with van der Waals surface area (Å²) in [5.41, 5.74) is 1.03. The Morgan fingerprint density at radius 2 is 1.94 bits per heavy atom. The molecule has 0 amide bonds. The predicted octanol–water partition coefficient (Wildman–Crippen LogP) is 3.09. The maximum atomic E-state index is 9.54. The number of halogens is 1. The molecule has 3 nitrogen and oxygen atoms in total. The van der Waals surface area contributed by atoms with E-state index < -0.39 is 0 Å². The van der Waals surface area contributed by atoms with Crippen LogP contribution in [0.25, 0.3) is 0 Å². The zero-order valence-corrected chi connectivity index (χ0v) is 11.7. The van der Waals surface area contributed by atoms with Crippen LogP contribution in [0.1, 0.15) is 25.7 Å². The topological polar surface area (TPSA) is 32.7 Å². The lowest BCUT2D eigenvalue weighted by molar-refractivity contribution is 0.122. The molecule has 0 heterocycles. The Kier molecular flexibility index (Phi) is 4.36. The third kappa shape index (κ3) is 2.90. The lowest BCUT2D eigenvalue weighted by Crippen LogP contribution is -2.36. The molecule has 0 bridgehead atoms. The van der Waals surface area contributed by atoms with Gasteiger partial charge in [-0.05, 0) is 37.8 Å². The molecule has 1 aromatic carbocycles. The Bertz CT molecular complexity index is 403. The molecule has 0 atom stereocenters. The van der Waals surface area contributed by atoms with Gasteiger partial charge < -0.3 is 14.7 Å². The van der Waals surface area contributed by atoms with Crippen molar-refractivity contribution < 1.29 is 9.84 Å². The lowest BCUT2D eigenvalue weighted by Gasteiger charge is -2.35. The fraction of sp³-hybridized carbons (Fsp3) is 0.571. The van der Waals surface area contributed by atoms with E-state index in [9.17, 15) is 5.11 Å². The third-order valence-electron chi connectivity index (χ3n) is 3.75. The van der Waals surface area contributed by atoms with E-state index >= 15 is 0 Å². The third-order valence-corrected chi connectivity index (χ3v) is 4.05. The van der Waals surface area contributed by atoms with Crippen LogP contribution >= 0.6 is 11.6 Å². The van der Waals surface area contributed by atoms with Gasteiger partial charge in [-0.3, -0.25) is 0 Å². The molecule has 1 saturated carbocycles. The first-order valence-electron chi connectivity index (χ1n) is 6.36. The predicted molar refractivity (Wildman–Crippen MR) is 74.7 cm³/mol. The van der Waals surface area contributed by atoms with Crippen LogP contribution in [0.2, 0.25) is 5.02 Å². The van der Waals surface area contributed by atoms with E-state index in [4.69, 9.17) is 16.3 Å². The first-order chi connectivity index (χ1) is 8.61. The van der Waals surface area contributed by atoms with Crippen LogP contribution in [-0.2, 0) is 0 Å². The van der Waals surface area contributed by atoms with Crippen molar-refractivity contribution in [3.8, 4) is 5.75 Å². The molecule has 0 radical (unpaired) electrons. The van der Waals surface area contributed by atoms with E-state index in [1.54, 1.807) is 7.11 Å². The van der Waals surface area contributed by atoms with E-state index in [0.29, 0.717) is 11.1 Å². The number of methoxy groups -OCH3 is 1. The highest BCUT2D eigenvalue weighted by atomic mass is 35.5. The van der Waals surface area contributed by atoms with Gasteiger partial charge in [-0.15, -0.1) is 0 Å². The maximum Gasteiger partial charge on any atom is 0.120 e. The quantitative estimate of drug-likeness (QED) is 0.915. The molecule has 1 aliphatic carbocycles. The van der Waals surface area contributed by atoms with Gasteiger partial charge in [0.15, 0.2) is 0 Å². The van der Waals surface area contributed by atoms with Gasteiger partial charge in [0.2, 0.25) is 0 Å². The minimum absolute atomic E-state index is 0.124. The van der Waals surface area contributed by atoms with Gasteiger partial charge in [-0.1, -0.05) is 11.6 Å². The first-order valence-corrected chi connectivity index (χ1v) is 6.74. The Morgan fingerprint density at radius 3 is 2.50 bits per heavy atom. The average Bonchev–Trinajstić information content (AvgIpc) is 2.38. The van der Waals surface area contributed by atoms with Gasteiger partial charge in [0.25, 0.3) is 0 Å². The number of benzene rings is 1. The summed E-state index contributed by atoms with van der Waals surface area (Å²) in [7, 11) is 3.70. The number of aliphatic hydroxyl groups is 1. The highest BCUT2D eigenvalue weighted by molar-refractivity contribution is 6.33. The van der Waals surface area contributed by atoms with Gasteiger partial charge in [-0.25, -0.2) is 0 Å². The van der Waals surface area contributed by atoms with Crippen molar-refractivity contribution in [2.75, 3.05) is 19.1 Å². The first kappa shape index (κ1) is 13.5. The molecule has 1 fully saturated rings. The summed E-state index contributed by atoms with van der Waals surface area (Å²) < 4.78 is 5.15. The van der Waals surface area contributed by atoms with Crippen LogP contribution in [-0.4, -0.2) is 31.4 Å². The summed E-state index contributed by atoms with van der Waals surface area (Å²) in [6, 6.07) is 6.21. The molecule has 0 saturated heterocycles. The van der Waals surface area contributed by atoms with E-state index in [1.165, 1.54) is 0 Å². The van der Waals surface area contributed by atoms with Crippen LogP contribution in [0.5, 0.6) is 5.75 Å². The lowest BCUT2D eigenvalue weighted by atomic mass is 9.92. The number of rotatable bonds is 3. The fourth-order valence-corrected chi connectivity index (χ4v) is 2.85. The number of hydrogen-bond donors (Lipinski definition) is 1. The average molecular weight is 270 g/mol. The molecular formula is C14H20ClNO2. The van der Waals surface area contributed by atoms with Crippen LogP contribution < -0.4 is 9.64 Å². The number of anilines is 1. The smallest absolute Gasteiger partial charge is 0.120 e. The van der Waals surface area contributed by atoms with Crippen molar-refractivity contribution in [3.63, 3.8) is 0 Å². The second kappa shape index (κ2) is 5.81. The molecule has 4 heteroatoms. The molecule has 18 heavy (non-hydrogen) atoms. The molecule has 0 unspecified atom stereocenters. The van der Waals surface area contributed by atoms with E-state index in [1.807, 2.05) is 18.2 Å². The molecular weight excluding hydrogens is 250 g/mol. The van der Waals surface area contributed by atoms with Crippen LogP contribution in [0.3, 0.4) is 0 Å². The Morgan fingerprint density at radius 1 is 1.28 bits per heavy atom. The number of aliphatic hydroxyl groups excluding tert-OH is 1. The Balaban J connectivity index is 2.11. The van der Waals surface area contributed by atoms with Gasteiger partial charge in [0.05, 0.1) is 23.9 Å². The van der Waals surface area contributed by atoms with E-state index in [2.05, 4.69) is 11.9 Å². The summed E-state index contributed by atoms with van der Waals surface area (Å²) in [5, 5.41) is 10.3. The molecule has 1 aromatic rings. The van der Waals surface area contributed by atoms with Gasteiger partial charge in [0, 0.05) is 19.2 Å². The highest BCUT2D eigenvalue weighted by Gasteiger charge is 2.23. The summed E-state index contributed by atoms with van der Waals surface area (Å²) in [5.74, 6) is 0.774. The van der Waals surface area contributed by atoms with Crippen LogP contribution in [0, 0.1) is 0 Å². The largest absolute Gasteiger partial charge is 0.497 e.